The molecule has 0 aliphatic carbocycles. The number of hydrogen-bond acceptors (Lipinski definition) is 3. The molecule has 0 spiro atoms. The first-order valence-electron chi connectivity index (χ1n) is 5.33. The van der Waals surface area contributed by atoms with Crippen molar-refractivity contribution in [3.63, 3.8) is 0 Å². The summed E-state index contributed by atoms with van der Waals surface area (Å²) in [7, 11) is 0. The topological polar surface area (TPSA) is 67.8 Å². The third kappa shape index (κ3) is 4.31. The van der Waals surface area contributed by atoms with E-state index in [0.29, 0.717) is 13.2 Å². The Morgan fingerprint density at radius 3 is 2.75 bits per heavy atom. The minimum atomic E-state index is -0.0548. The Kier molecular flexibility index (Phi) is 5.36. The molecule has 0 fully saturated rings. The van der Waals surface area contributed by atoms with Gasteiger partial charge in [-0.25, -0.2) is 0 Å². The second-order valence-corrected chi connectivity index (χ2v) is 3.74. The van der Waals surface area contributed by atoms with Gasteiger partial charge >= 0.3 is 0 Å². The van der Waals surface area contributed by atoms with E-state index in [1.54, 1.807) is 0 Å². The summed E-state index contributed by atoms with van der Waals surface area (Å²) in [5, 5.41) is 11.4. The lowest BCUT2D eigenvalue weighted by Gasteiger charge is -2.10. The van der Waals surface area contributed by atoms with Crippen molar-refractivity contribution in [3.05, 3.63) is 35.9 Å². The van der Waals surface area contributed by atoms with Crippen molar-refractivity contribution in [2.75, 3.05) is 13.2 Å². The van der Waals surface area contributed by atoms with Crippen LogP contribution in [0.2, 0.25) is 0 Å². The predicted octanol–water partition coefficient (Wildman–Crippen LogP) is 1.63. The van der Waals surface area contributed by atoms with E-state index in [0.717, 1.165) is 6.42 Å². The molecule has 3 N–H and O–H groups in total. The van der Waals surface area contributed by atoms with Crippen LogP contribution in [0, 0.1) is 5.92 Å². The van der Waals surface area contributed by atoms with Crippen molar-refractivity contribution in [1.29, 1.82) is 0 Å². The first kappa shape index (κ1) is 12.5. The van der Waals surface area contributed by atoms with Gasteiger partial charge in [0.2, 0.25) is 0 Å². The maximum atomic E-state index is 8.45. The van der Waals surface area contributed by atoms with Gasteiger partial charge in [0, 0.05) is 5.92 Å². The maximum absolute atomic E-state index is 8.45. The molecular formula is C12H18N2O2. The molecule has 1 aromatic rings. The maximum Gasteiger partial charge on any atom is 0.144 e. The molecule has 0 heterocycles. The van der Waals surface area contributed by atoms with Crippen molar-refractivity contribution in [3.8, 4) is 0 Å². The van der Waals surface area contributed by atoms with Gasteiger partial charge in [-0.15, -0.1) is 0 Å². The first-order valence-corrected chi connectivity index (χ1v) is 5.33. The van der Waals surface area contributed by atoms with Crippen LogP contribution in [-0.4, -0.2) is 24.3 Å². The molecule has 0 bridgehead atoms. The first-order chi connectivity index (χ1) is 7.74. The van der Waals surface area contributed by atoms with Crippen molar-refractivity contribution in [2.24, 2.45) is 16.8 Å². The number of rotatable bonds is 6. The van der Waals surface area contributed by atoms with Crippen molar-refractivity contribution < 1.29 is 9.94 Å². The van der Waals surface area contributed by atoms with Crippen LogP contribution in [0.25, 0.3) is 0 Å². The fraction of sp³-hybridized carbons (Fsp3) is 0.417. The van der Waals surface area contributed by atoms with Crippen LogP contribution in [0.15, 0.2) is 35.5 Å². The third-order valence-electron chi connectivity index (χ3n) is 2.37. The van der Waals surface area contributed by atoms with E-state index in [2.05, 4.69) is 17.3 Å². The lowest BCUT2D eigenvalue weighted by molar-refractivity contribution is 0.122. The highest BCUT2D eigenvalue weighted by Crippen LogP contribution is 2.01. The van der Waals surface area contributed by atoms with E-state index in [1.807, 2.05) is 25.1 Å². The van der Waals surface area contributed by atoms with Crippen molar-refractivity contribution in [1.82, 2.24) is 0 Å². The molecule has 1 aromatic carbocycles. The van der Waals surface area contributed by atoms with E-state index in [-0.39, 0.29) is 11.8 Å². The van der Waals surface area contributed by atoms with E-state index in [9.17, 15) is 0 Å². The number of nitrogens with two attached hydrogens (primary N) is 1. The van der Waals surface area contributed by atoms with Gasteiger partial charge in [-0.2, -0.15) is 0 Å². The van der Waals surface area contributed by atoms with Crippen LogP contribution in [0.4, 0.5) is 0 Å². The molecule has 1 rings (SSSR count). The van der Waals surface area contributed by atoms with Crippen LogP contribution in [-0.2, 0) is 11.2 Å². The summed E-state index contributed by atoms with van der Waals surface area (Å²) in [4.78, 5) is 0. The number of oxime groups is 1. The molecule has 16 heavy (non-hydrogen) atoms. The fourth-order valence-electron chi connectivity index (χ4n) is 1.28. The molecule has 0 aliphatic rings. The lowest BCUT2D eigenvalue weighted by Crippen LogP contribution is -2.25. The molecule has 1 unspecified atom stereocenters. The summed E-state index contributed by atoms with van der Waals surface area (Å²) in [6, 6.07) is 10.1. The largest absolute Gasteiger partial charge is 0.409 e. The van der Waals surface area contributed by atoms with Crippen LogP contribution < -0.4 is 5.73 Å². The van der Waals surface area contributed by atoms with Crippen LogP contribution >= 0.6 is 0 Å². The number of hydrogen-bond donors (Lipinski definition) is 2. The Morgan fingerprint density at radius 2 is 2.12 bits per heavy atom. The fourth-order valence-corrected chi connectivity index (χ4v) is 1.28. The van der Waals surface area contributed by atoms with Gasteiger partial charge in [0.05, 0.1) is 13.2 Å². The summed E-state index contributed by atoms with van der Waals surface area (Å²) in [5.74, 6) is 0.153. The molecule has 0 aromatic heterocycles. The predicted molar refractivity (Wildman–Crippen MR) is 63.5 cm³/mol. The van der Waals surface area contributed by atoms with Gasteiger partial charge in [0.1, 0.15) is 5.84 Å². The minimum absolute atomic E-state index is 0.0548. The Hall–Kier alpha value is -1.55. The van der Waals surface area contributed by atoms with Crippen molar-refractivity contribution in [2.45, 2.75) is 13.3 Å². The summed E-state index contributed by atoms with van der Waals surface area (Å²) < 4.78 is 5.45. The third-order valence-corrected chi connectivity index (χ3v) is 2.37. The highest BCUT2D eigenvalue weighted by atomic mass is 16.5. The number of nitrogens with zero attached hydrogens (tertiary/aromatic N) is 1. The summed E-state index contributed by atoms with van der Waals surface area (Å²) in [6.45, 7) is 2.98. The Balaban J connectivity index is 2.17. The van der Waals surface area contributed by atoms with E-state index >= 15 is 0 Å². The normalized spacial score (nSPS) is 13.7. The van der Waals surface area contributed by atoms with Gasteiger partial charge in [-0.1, -0.05) is 42.4 Å². The van der Waals surface area contributed by atoms with Gasteiger partial charge in [0.25, 0.3) is 0 Å². The molecule has 1 atom stereocenters. The molecular weight excluding hydrogens is 204 g/mol. The number of ether oxygens (including phenoxy) is 1. The molecule has 0 amide bonds. The van der Waals surface area contributed by atoms with Crippen LogP contribution in [0.3, 0.4) is 0 Å². The quantitative estimate of drug-likeness (QED) is 0.253. The smallest absolute Gasteiger partial charge is 0.144 e. The average molecular weight is 222 g/mol. The zero-order chi connectivity index (χ0) is 11.8. The molecule has 0 aliphatic heterocycles. The average Bonchev–Trinajstić information content (AvgIpc) is 2.34. The Morgan fingerprint density at radius 1 is 1.44 bits per heavy atom. The molecule has 88 valence electrons. The van der Waals surface area contributed by atoms with Crippen LogP contribution in [0.1, 0.15) is 12.5 Å². The van der Waals surface area contributed by atoms with Crippen LogP contribution in [0.5, 0.6) is 0 Å². The highest BCUT2D eigenvalue weighted by Gasteiger charge is 2.06. The summed E-state index contributed by atoms with van der Waals surface area (Å²) >= 11 is 0. The SMILES string of the molecule is CC(COCCc1ccccc1)/C(N)=N/O. The molecule has 4 heteroatoms. The lowest BCUT2D eigenvalue weighted by atomic mass is 10.1. The minimum Gasteiger partial charge on any atom is -0.409 e. The summed E-state index contributed by atoms with van der Waals surface area (Å²) in [5.41, 5.74) is 6.68. The number of amidine groups is 1. The van der Waals surface area contributed by atoms with Crippen molar-refractivity contribution >= 4 is 5.84 Å². The van der Waals surface area contributed by atoms with Gasteiger partial charge in [-0.3, -0.25) is 0 Å². The van der Waals surface area contributed by atoms with E-state index < -0.39 is 0 Å². The number of benzene rings is 1. The van der Waals surface area contributed by atoms with E-state index in [1.165, 1.54) is 5.56 Å². The van der Waals surface area contributed by atoms with E-state index in [4.69, 9.17) is 15.7 Å². The van der Waals surface area contributed by atoms with Gasteiger partial charge in [-0.05, 0) is 12.0 Å². The molecule has 0 saturated heterocycles. The molecule has 4 nitrogen and oxygen atoms in total. The standard InChI is InChI=1S/C12H18N2O2/c1-10(12(13)14-15)9-16-8-7-11-5-3-2-4-6-11/h2-6,10,15H,7-9H2,1H3,(H2,13,14). The molecule has 0 saturated carbocycles. The highest BCUT2D eigenvalue weighted by molar-refractivity contribution is 5.81. The second kappa shape index (κ2) is 6.85. The van der Waals surface area contributed by atoms with Gasteiger partial charge in [0.15, 0.2) is 0 Å². The zero-order valence-electron chi connectivity index (χ0n) is 9.47. The Bertz CT molecular complexity index is 325. The van der Waals surface area contributed by atoms with Gasteiger partial charge < -0.3 is 15.7 Å². The second-order valence-electron chi connectivity index (χ2n) is 3.74. The monoisotopic (exact) mass is 222 g/mol. The molecule has 0 radical (unpaired) electrons. The summed E-state index contributed by atoms with van der Waals surface area (Å²) in [6.07, 6.45) is 0.879. The zero-order valence-corrected chi connectivity index (χ0v) is 9.47. The Labute approximate surface area is 95.7 Å².